The van der Waals surface area contributed by atoms with Gasteiger partial charge in [0.05, 0.1) is 11.2 Å². The molecule has 0 aliphatic carbocycles. The molecule has 0 spiro atoms. The predicted molar refractivity (Wildman–Crippen MR) is 65.4 cm³/mol. The van der Waals surface area contributed by atoms with Gasteiger partial charge >= 0.3 is 0 Å². The van der Waals surface area contributed by atoms with Crippen molar-refractivity contribution >= 4 is 0 Å². The fourth-order valence-electron chi connectivity index (χ4n) is 1.97. The van der Waals surface area contributed by atoms with Gasteiger partial charge in [-0.05, 0) is 40.2 Å². The van der Waals surface area contributed by atoms with E-state index in [4.69, 9.17) is 0 Å². The molecular weight excluding hydrogens is 184 g/mol. The fourth-order valence-corrected chi connectivity index (χ4v) is 1.97. The molecular formula is C13H24N2. The highest BCUT2D eigenvalue weighted by Gasteiger charge is 2.28. The van der Waals surface area contributed by atoms with Gasteiger partial charge in [0.1, 0.15) is 0 Å². The first-order valence-corrected chi connectivity index (χ1v) is 5.62. The molecule has 0 fully saturated rings. The van der Waals surface area contributed by atoms with Gasteiger partial charge in [-0.25, -0.2) is 0 Å². The summed E-state index contributed by atoms with van der Waals surface area (Å²) >= 11 is 0. The molecule has 0 saturated carbocycles. The largest absolute Gasteiger partial charge is 0.263 e. The zero-order valence-corrected chi connectivity index (χ0v) is 11.4. The van der Waals surface area contributed by atoms with E-state index < -0.39 is 0 Å². The van der Waals surface area contributed by atoms with Crippen LogP contribution in [0.25, 0.3) is 0 Å². The van der Waals surface area contributed by atoms with Crippen molar-refractivity contribution in [2.24, 2.45) is 0 Å². The van der Waals surface area contributed by atoms with E-state index in [1.165, 1.54) is 11.3 Å². The number of hydrogen-bond acceptors (Lipinski definition) is 1. The second-order valence-corrected chi connectivity index (χ2v) is 6.39. The number of rotatable bonds is 0. The molecule has 0 aromatic carbocycles. The minimum absolute atomic E-state index is 0.0572. The van der Waals surface area contributed by atoms with Crippen molar-refractivity contribution in [1.29, 1.82) is 0 Å². The van der Waals surface area contributed by atoms with Crippen LogP contribution in [0.15, 0.2) is 0 Å². The molecule has 0 bridgehead atoms. The average molecular weight is 208 g/mol. The number of aromatic nitrogens is 2. The maximum absolute atomic E-state index is 4.66. The van der Waals surface area contributed by atoms with Crippen LogP contribution in [0.2, 0.25) is 0 Å². The molecule has 1 rings (SSSR count). The second-order valence-electron chi connectivity index (χ2n) is 6.39. The van der Waals surface area contributed by atoms with Gasteiger partial charge < -0.3 is 0 Å². The quantitative estimate of drug-likeness (QED) is 0.637. The van der Waals surface area contributed by atoms with Gasteiger partial charge in [0.2, 0.25) is 0 Å². The van der Waals surface area contributed by atoms with Crippen LogP contribution in [-0.4, -0.2) is 9.78 Å². The topological polar surface area (TPSA) is 17.8 Å². The van der Waals surface area contributed by atoms with Crippen LogP contribution in [0.4, 0.5) is 0 Å². The van der Waals surface area contributed by atoms with Gasteiger partial charge in [0.15, 0.2) is 0 Å². The molecule has 2 nitrogen and oxygen atoms in total. The highest BCUT2D eigenvalue weighted by atomic mass is 15.3. The van der Waals surface area contributed by atoms with Gasteiger partial charge in [-0.15, -0.1) is 0 Å². The molecule has 0 radical (unpaired) electrons. The van der Waals surface area contributed by atoms with Crippen molar-refractivity contribution in [1.82, 2.24) is 9.78 Å². The van der Waals surface area contributed by atoms with Crippen molar-refractivity contribution in [3.8, 4) is 0 Å². The second kappa shape index (κ2) is 3.36. The molecule has 2 heteroatoms. The zero-order chi connectivity index (χ0) is 12.0. The Balaban J connectivity index is 3.48. The molecule has 15 heavy (non-hydrogen) atoms. The van der Waals surface area contributed by atoms with Crippen LogP contribution >= 0.6 is 0 Å². The van der Waals surface area contributed by atoms with Crippen LogP contribution in [0, 0.1) is 13.8 Å². The lowest BCUT2D eigenvalue weighted by atomic mass is 9.88. The molecule has 1 heterocycles. The number of aryl methyl sites for hydroxylation is 1. The maximum Gasteiger partial charge on any atom is 0.0626 e. The summed E-state index contributed by atoms with van der Waals surface area (Å²) in [5, 5.41) is 4.66. The van der Waals surface area contributed by atoms with Gasteiger partial charge in [0, 0.05) is 11.1 Å². The third-order valence-electron chi connectivity index (χ3n) is 2.71. The standard InChI is InChI=1S/C13H24N2/c1-9-10(2)14-15(13(6,7)8)11(9)12(3,4)5/h1-8H3. The minimum Gasteiger partial charge on any atom is -0.263 e. The van der Waals surface area contributed by atoms with Crippen molar-refractivity contribution in [3.05, 3.63) is 17.0 Å². The molecule has 0 aliphatic heterocycles. The molecule has 0 saturated heterocycles. The molecule has 1 aromatic heterocycles. The van der Waals surface area contributed by atoms with E-state index >= 15 is 0 Å². The van der Waals surface area contributed by atoms with E-state index in [-0.39, 0.29) is 11.0 Å². The van der Waals surface area contributed by atoms with Gasteiger partial charge in [-0.2, -0.15) is 5.10 Å². The molecule has 86 valence electrons. The first kappa shape index (κ1) is 12.3. The molecule has 0 unspecified atom stereocenters. The maximum atomic E-state index is 4.66. The molecule has 0 aliphatic rings. The smallest absolute Gasteiger partial charge is 0.0626 e. The average Bonchev–Trinajstić information content (AvgIpc) is 2.25. The van der Waals surface area contributed by atoms with Gasteiger partial charge in [-0.3, -0.25) is 4.68 Å². The Kier molecular flexibility index (Phi) is 2.75. The van der Waals surface area contributed by atoms with Gasteiger partial charge in [0.25, 0.3) is 0 Å². The SMILES string of the molecule is Cc1nn(C(C)(C)C)c(C(C)(C)C)c1C. The van der Waals surface area contributed by atoms with E-state index in [0.717, 1.165) is 5.69 Å². The van der Waals surface area contributed by atoms with E-state index in [2.05, 4.69) is 65.2 Å². The lowest BCUT2D eigenvalue weighted by molar-refractivity contribution is 0.321. The van der Waals surface area contributed by atoms with Crippen LogP contribution in [0.3, 0.4) is 0 Å². The van der Waals surface area contributed by atoms with Crippen molar-refractivity contribution in [2.45, 2.75) is 66.3 Å². The molecule has 0 atom stereocenters. The first-order chi connectivity index (χ1) is 6.55. The summed E-state index contributed by atoms with van der Waals surface area (Å²) in [7, 11) is 0. The molecule has 0 amide bonds. The van der Waals surface area contributed by atoms with Crippen LogP contribution in [0.1, 0.15) is 58.5 Å². The zero-order valence-electron chi connectivity index (χ0n) is 11.4. The highest BCUT2D eigenvalue weighted by molar-refractivity contribution is 5.30. The Morgan fingerprint density at radius 2 is 1.40 bits per heavy atom. The highest BCUT2D eigenvalue weighted by Crippen LogP contribution is 2.31. The van der Waals surface area contributed by atoms with Crippen molar-refractivity contribution in [2.75, 3.05) is 0 Å². The first-order valence-electron chi connectivity index (χ1n) is 5.62. The fraction of sp³-hybridized carbons (Fsp3) is 0.769. The monoisotopic (exact) mass is 208 g/mol. The van der Waals surface area contributed by atoms with E-state index in [1.807, 2.05) is 0 Å². The summed E-state index contributed by atoms with van der Waals surface area (Å²) in [6.45, 7) is 17.6. The van der Waals surface area contributed by atoms with E-state index in [1.54, 1.807) is 0 Å². The number of nitrogens with zero attached hydrogens (tertiary/aromatic N) is 2. The molecule has 1 aromatic rings. The van der Waals surface area contributed by atoms with Crippen LogP contribution in [-0.2, 0) is 11.0 Å². The summed E-state index contributed by atoms with van der Waals surface area (Å²) in [5.74, 6) is 0. The van der Waals surface area contributed by atoms with Gasteiger partial charge in [-0.1, -0.05) is 20.8 Å². The Morgan fingerprint density at radius 1 is 0.933 bits per heavy atom. The lowest BCUT2D eigenvalue weighted by Gasteiger charge is -2.29. The van der Waals surface area contributed by atoms with Crippen LogP contribution < -0.4 is 0 Å². The molecule has 0 N–H and O–H groups in total. The minimum atomic E-state index is 0.0572. The summed E-state index contributed by atoms with van der Waals surface area (Å²) in [5.41, 5.74) is 4.04. The summed E-state index contributed by atoms with van der Waals surface area (Å²) in [4.78, 5) is 0. The normalized spacial score (nSPS) is 13.3. The predicted octanol–water partition coefficient (Wildman–Crippen LogP) is 3.55. The van der Waals surface area contributed by atoms with Crippen LogP contribution in [0.5, 0.6) is 0 Å². The summed E-state index contributed by atoms with van der Waals surface area (Å²) in [6.07, 6.45) is 0. The Labute approximate surface area is 93.7 Å². The lowest BCUT2D eigenvalue weighted by Crippen LogP contribution is -2.30. The summed E-state index contributed by atoms with van der Waals surface area (Å²) in [6, 6.07) is 0. The number of hydrogen-bond donors (Lipinski definition) is 0. The van der Waals surface area contributed by atoms with Crippen molar-refractivity contribution < 1.29 is 0 Å². The Morgan fingerprint density at radius 3 is 1.67 bits per heavy atom. The Hall–Kier alpha value is -0.790. The summed E-state index contributed by atoms with van der Waals surface area (Å²) < 4.78 is 2.18. The third kappa shape index (κ3) is 2.24. The van der Waals surface area contributed by atoms with E-state index in [0.29, 0.717) is 0 Å². The Bertz CT molecular complexity index is 359. The van der Waals surface area contributed by atoms with E-state index in [9.17, 15) is 0 Å². The van der Waals surface area contributed by atoms with Crippen molar-refractivity contribution in [3.63, 3.8) is 0 Å². The third-order valence-corrected chi connectivity index (χ3v) is 2.71.